The van der Waals surface area contributed by atoms with Gasteiger partial charge in [-0.15, -0.1) is 0 Å². The average molecular weight is 261 g/mol. The monoisotopic (exact) mass is 261 g/mol. The Balaban J connectivity index is 2.24. The molecule has 0 bridgehead atoms. The molecule has 0 aromatic heterocycles. The fraction of sp³-hybridized carbons (Fsp3) is 0.647. The third kappa shape index (κ3) is 2.85. The molecule has 0 spiro atoms. The number of likely N-dealkylation sites (N-methyl/N-ethyl adjacent to an activating group) is 1. The summed E-state index contributed by atoms with van der Waals surface area (Å²) in [5.74, 6) is 0. The Hall–Kier alpha value is -0.860. The first-order chi connectivity index (χ1) is 9.13. The minimum atomic E-state index is 0.0312. The second-order valence-corrected chi connectivity index (χ2v) is 5.89. The van der Waals surface area contributed by atoms with E-state index in [0.29, 0.717) is 6.04 Å². The summed E-state index contributed by atoms with van der Waals surface area (Å²) in [5.41, 5.74) is 4.29. The smallest absolute Gasteiger partial charge is 0.0834 e. The molecule has 0 radical (unpaired) electrons. The summed E-state index contributed by atoms with van der Waals surface area (Å²) in [7, 11) is 3.94. The van der Waals surface area contributed by atoms with Crippen LogP contribution in [-0.4, -0.2) is 25.8 Å². The van der Waals surface area contributed by atoms with Crippen molar-refractivity contribution in [3.05, 3.63) is 34.9 Å². The molecule has 2 nitrogen and oxygen atoms in total. The second-order valence-electron chi connectivity index (χ2n) is 5.89. The molecule has 1 atom stereocenters. The number of hydrogen-bond donors (Lipinski definition) is 1. The molecule has 1 saturated carbocycles. The van der Waals surface area contributed by atoms with E-state index in [9.17, 15) is 0 Å². The molecule has 0 aliphatic heterocycles. The number of rotatable bonds is 5. The standard InChI is InChI=1S/C17H27NO/c1-13-8-7-9-14(2)15(13)12-16(18-3)17(19-4)10-5-6-11-17/h7-9,16,18H,5-6,10-12H2,1-4H3. The Morgan fingerprint density at radius 1 is 1.21 bits per heavy atom. The Morgan fingerprint density at radius 2 is 1.79 bits per heavy atom. The zero-order valence-electron chi connectivity index (χ0n) is 12.8. The van der Waals surface area contributed by atoms with E-state index in [1.165, 1.54) is 42.4 Å². The zero-order chi connectivity index (χ0) is 13.9. The van der Waals surface area contributed by atoms with Gasteiger partial charge in [0.1, 0.15) is 0 Å². The second kappa shape index (κ2) is 6.06. The van der Waals surface area contributed by atoms with Crippen LogP contribution < -0.4 is 5.32 Å². The first-order valence-electron chi connectivity index (χ1n) is 7.40. The van der Waals surface area contributed by atoms with Gasteiger partial charge in [-0.1, -0.05) is 31.0 Å². The lowest BCUT2D eigenvalue weighted by atomic mass is 9.85. The highest BCUT2D eigenvalue weighted by Crippen LogP contribution is 2.37. The molecule has 1 fully saturated rings. The van der Waals surface area contributed by atoms with Crippen LogP contribution in [0.15, 0.2) is 18.2 Å². The number of aryl methyl sites for hydroxylation is 2. The maximum Gasteiger partial charge on any atom is 0.0834 e. The minimum absolute atomic E-state index is 0.0312. The van der Waals surface area contributed by atoms with Crippen LogP contribution in [0.5, 0.6) is 0 Å². The predicted octanol–water partition coefficient (Wildman–Crippen LogP) is 3.39. The molecule has 1 aliphatic carbocycles. The van der Waals surface area contributed by atoms with Crippen molar-refractivity contribution in [1.82, 2.24) is 5.32 Å². The molecular weight excluding hydrogens is 234 g/mol. The van der Waals surface area contributed by atoms with Crippen LogP contribution in [0.25, 0.3) is 0 Å². The van der Waals surface area contributed by atoms with Crippen LogP contribution in [0, 0.1) is 13.8 Å². The number of benzene rings is 1. The molecular formula is C17H27NO. The van der Waals surface area contributed by atoms with Gasteiger partial charge >= 0.3 is 0 Å². The Morgan fingerprint density at radius 3 is 2.26 bits per heavy atom. The number of hydrogen-bond acceptors (Lipinski definition) is 2. The van der Waals surface area contributed by atoms with Crippen LogP contribution in [-0.2, 0) is 11.2 Å². The van der Waals surface area contributed by atoms with Gasteiger partial charge in [0.2, 0.25) is 0 Å². The highest BCUT2D eigenvalue weighted by Gasteiger charge is 2.41. The van der Waals surface area contributed by atoms with Gasteiger partial charge in [-0.25, -0.2) is 0 Å². The molecule has 1 aliphatic rings. The van der Waals surface area contributed by atoms with E-state index in [4.69, 9.17) is 4.74 Å². The number of nitrogens with one attached hydrogen (secondary N) is 1. The molecule has 2 heteroatoms. The van der Waals surface area contributed by atoms with E-state index in [1.54, 1.807) is 0 Å². The first-order valence-corrected chi connectivity index (χ1v) is 7.40. The average Bonchev–Trinajstić information content (AvgIpc) is 2.88. The topological polar surface area (TPSA) is 21.3 Å². The molecule has 106 valence electrons. The van der Waals surface area contributed by atoms with E-state index in [-0.39, 0.29) is 5.60 Å². The van der Waals surface area contributed by atoms with Crippen molar-refractivity contribution in [2.24, 2.45) is 0 Å². The SMILES string of the molecule is CNC(Cc1c(C)cccc1C)C1(OC)CCCC1. The molecule has 2 rings (SSSR count). The lowest BCUT2D eigenvalue weighted by Gasteiger charge is -2.37. The highest BCUT2D eigenvalue weighted by molar-refractivity contribution is 5.34. The Labute approximate surface area is 117 Å². The fourth-order valence-corrected chi connectivity index (χ4v) is 3.59. The van der Waals surface area contributed by atoms with Crippen LogP contribution in [0.4, 0.5) is 0 Å². The van der Waals surface area contributed by atoms with Crippen LogP contribution in [0.1, 0.15) is 42.4 Å². The number of ether oxygens (including phenoxy) is 1. The third-order valence-corrected chi connectivity index (χ3v) is 4.89. The third-order valence-electron chi connectivity index (χ3n) is 4.89. The van der Waals surface area contributed by atoms with Crippen LogP contribution in [0.2, 0.25) is 0 Å². The predicted molar refractivity (Wildman–Crippen MR) is 80.7 cm³/mol. The molecule has 0 amide bonds. The quantitative estimate of drug-likeness (QED) is 0.877. The van der Waals surface area contributed by atoms with Crippen LogP contribution >= 0.6 is 0 Å². The highest BCUT2D eigenvalue weighted by atomic mass is 16.5. The van der Waals surface area contributed by atoms with Gasteiger partial charge in [-0.2, -0.15) is 0 Å². The molecule has 1 unspecified atom stereocenters. The van der Waals surface area contributed by atoms with Crippen molar-refractivity contribution in [2.45, 2.75) is 57.6 Å². The summed E-state index contributed by atoms with van der Waals surface area (Å²) < 4.78 is 5.94. The molecule has 1 aromatic rings. The largest absolute Gasteiger partial charge is 0.377 e. The maximum absolute atomic E-state index is 5.94. The van der Waals surface area contributed by atoms with Crippen molar-refractivity contribution in [3.63, 3.8) is 0 Å². The molecule has 0 saturated heterocycles. The maximum atomic E-state index is 5.94. The van der Waals surface area contributed by atoms with Crippen molar-refractivity contribution in [1.29, 1.82) is 0 Å². The van der Waals surface area contributed by atoms with Crippen molar-refractivity contribution >= 4 is 0 Å². The van der Waals surface area contributed by atoms with Crippen molar-refractivity contribution < 1.29 is 4.74 Å². The lowest BCUT2D eigenvalue weighted by Crippen LogP contribution is -2.50. The van der Waals surface area contributed by atoms with Gasteiger partial charge in [-0.05, 0) is 56.8 Å². The van der Waals surface area contributed by atoms with E-state index in [0.717, 1.165) is 6.42 Å². The summed E-state index contributed by atoms with van der Waals surface area (Å²) >= 11 is 0. The summed E-state index contributed by atoms with van der Waals surface area (Å²) in [6.45, 7) is 4.42. The van der Waals surface area contributed by atoms with Gasteiger partial charge in [0.25, 0.3) is 0 Å². The summed E-state index contributed by atoms with van der Waals surface area (Å²) in [6, 6.07) is 6.97. The first kappa shape index (κ1) is 14.5. The van der Waals surface area contributed by atoms with Gasteiger partial charge in [0.05, 0.1) is 5.60 Å². The normalized spacial score (nSPS) is 19.6. The van der Waals surface area contributed by atoms with E-state index in [2.05, 4.69) is 44.4 Å². The van der Waals surface area contributed by atoms with Gasteiger partial charge in [0, 0.05) is 13.2 Å². The number of methoxy groups -OCH3 is 1. The minimum Gasteiger partial charge on any atom is -0.377 e. The molecule has 0 heterocycles. The summed E-state index contributed by atoms with van der Waals surface area (Å²) in [4.78, 5) is 0. The van der Waals surface area contributed by atoms with Gasteiger partial charge in [-0.3, -0.25) is 0 Å². The lowest BCUT2D eigenvalue weighted by molar-refractivity contribution is -0.0337. The van der Waals surface area contributed by atoms with Crippen molar-refractivity contribution in [2.75, 3.05) is 14.2 Å². The van der Waals surface area contributed by atoms with Crippen LogP contribution in [0.3, 0.4) is 0 Å². The fourth-order valence-electron chi connectivity index (χ4n) is 3.59. The Bertz CT molecular complexity index is 401. The van der Waals surface area contributed by atoms with E-state index in [1.807, 2.05) is 7.11 Å². The van der Waals surface area contributed by atoms with Gasteiger partial charge < -0.3 is 10.1 Å². The molecule has 1 N–H and O–H groups in total. The molecule has 1 aromatic carbocycles. The van der Waals surface area contributed by atoms with E-state index >= 15 is 0 Å². The van der Waals surface area contributed by atoms with Crippen molar-refractivity contribution in [3.8, 4) is 0 Å². The summed E-state index contributed by atoms with van der Waals surface area (Å²) in [5, 5.41) is 3.51. The molecule has 19 heavy (non-hydrogen) atoms. The zero-order valence-corrected chi connectivity index (χ0v) is 12.8. The van der Waals surface area contributed by atoms with E-state index < -0.39 is 0 Å². The summed E-state index contributed by atoms with van der Waals surface area (Å²) in [6.07, 6.45) is 6.00. The van der Waals surface area contributed by atoms with Gasteiger partial charge in [0.15, 0.2) is 0 Å². The Kier molecular flexibility index (Phi) is 4.64.